The van der Waals surface area contributed by atoms with Gasteiger partial charge in [0.2, 0.25) is 0 Å². The van der Waals surface area contributed by atoms with Crippen LogP contribution in [0.4, 0.5) is 13.2 Å². The van der Waals surface area contributed by atoms with Crippen molar-refractivity contribution in [2.45, 2.75) is 31.6 Å². The number of nitrogens with one attached hydrogen (secondary N) is 1. The fourth-order valence-electron chi connectivity index (χ4n) is 2.27. The molecular formula is C12H17F3N2S. The Morgan fingerprint density at radius 1 is 1.44 bits per heavy atom. The predicted molar refractivity (Wildman–Crippen MR) is 66.7 cm³/mol. The molecule has 1 aliphatic rings. The van der Waals surface area contributed by atoms with E-state index in [0.29, 0.717) is 12.6 Å². The molecule has 2 rings (SSSR count). The zero-order valence-electron chi connectivity index (χ0n) is 10.3. The average molecular weight is 278 g/mol. The molecule has 1 atom stereocenters. The van der Waals surface area contributed by atoms with Crippen molar-refractivity contribution in [1.82, 2.24) is 10.2 Å². The number of nitrogens with zero attached hydrogens (tertiary/aromatic N) is 1. The van der Waals surface area contributed by atoms with Crippen LogP contribution in [-0.2, 0) is 12.7 Å². The summed E-state index contributed by atoms with van der Waals surface area (Å²) in [4.78, 5) is 2.51. The lowest BCUT2D eigenvalue weighted by molar-refractivity contribution is -0.134. The zero-order valence-corrected chi connectivity index (χ0v) is 11.1. The first-order valence-corrected chi connectivity index (χ1v) is 6.86. The molecule has 6 heteroatoms. The third kappa shape index (κ3) is 3.46. The Labute approximate surface area is 109 Å². The molecule has 2 heterocycles. The highest BCUT2D eigenvalue weighted by Crippen LogP contribution is 2.35. The van der Waals surface area contributed by atoms with Crippen molar-refractivity contribution in [2.24, 2.45) is 0 Å². The average Bonchev–Trinajstić information content (AvgIpc) is 2.77. The van der Waals surface area contributed by atoms with Crippen LogP contribution in [0.15, 0.2) is 12.1 Å². The van der Waals surface area contributed by atoms with Gasteiger partial charge in [0.05, 0.1) is 0 Å². The van der Waals surface area contributed by atoms with Crippen LogP contribution in [0.3, 0.4) is 0 Å². The summed E-state index contributed by atoms with van der Waals surface area (Å²) in [6.07, 6.45) is -1.97. The van der Waals surface area contributed by atoms with Crippen LogP contribution in [0.25, 0.3) is 0 Å². The van der Waals surface area contributed by atoms with Gasteiger partial charge in [0.25, 0.3) is 0 Å². The third-order valence-electron chi connectivity index (χ3n) is 3.23. The van der Waals surface area contributed by atoms with E-state index in [1.807, 2.05) is 7.05 Å². The number of likely N-dealkylation sites (tertiary alicyclic amines) is 1. The number of thiophene rings is 1. The van der Waals surface area contributed by atoms with Gasteiger partial charge in [-0.1, -0.05) is 0 Å². The second kappa shape index (κ2) is 5.59. The fraction of sp³-hybridized carbons (Fsp3) is 0.667. The maximum Gasteiger partial charge on any atom is 0.425 e. The first kappa shape index (κ1) is 13.8. The lowest BCUT2D eigenvalue weighted by Gasteiger charge is -2.32. The van der Waals surface area contributed by atoms with Crippen molar-refractivity contribution in [3.8, 4) is 0 Å². The van der Waals surface area contributed by atoms with Gasteiger partial charge in [-0.25, -0.2) is 0 Å². The number of rotatable bonds is 3. The molecule has 18 heavy (non-hydrogen) atoms. The molecule has 1 aromatic heterocycles. The molecule has 1 saturated heterocycles. The molecule has 102 valence electrons. The lowest BCUT2D eigenvalue weighted by atomic mass is 10.1. The lowest BCUT2D eigenvalue weighted by Crippen LogP contribution is -2.43. The topological polar surface area (TPSA) is 15.3 Å². The first-order chi connectivity index (χ1) is 8.49. The van der Waals surface area contributed by atoms with Crippen molar-refractivity contribution in [1.29, 1.82) is 0 Å². The van der Waals surface area contributed by atoms with Gasteiger partial charge in [0.15, 0.2) is 0 Å². The van der Waals surface area contributed by atoms with E-state index in [4.69, 9.17) is 0 Å². The fourth-order valence-corrected chi connectivity index (χ4v) is 3.19. The summed E-state index contributed by atoms with van der Waals surface area (Å²) in [5.74, 6) is 0. The van der Waals surface area contributed by atoms with Crippen LogP contribution in [0, 0.1) is 0 Å². The molecule has 0 aromatic carbocycles. The molecule has 0 saturated carbocycles. The van der Waals surface area contributed by atoms with Gasteiger partial charge in [-0.3, -0.25) is 4.90 Å². The molecule has 2 nitrogen and oxygen atoms in total. The minimum atomic E-state index is -4.21. The van der Waals surface area contributed by atoms with Crippen LogP contribution >= 0.6 is 11.3 Å². The summed E-state index contributed by atoms with van der Waals surface area (Å²) in [5.41, 5.74) is 0. The molecule has 1 aliphatic heterocycles. The summed E-state index contributed by atoms with van der Waals surface area (Å²) in [7, 11) is 1.93. The Morgan fingerprint density at radius 3 is 2.83 bits per heavy atom. The molecular weight excluding hydrogens is 261 g/mol. The quantitative estimate of drug-likeness (QED) is 0.914. The maximum absolute atomic E-state index is 12.5. The van der Waals surface area contributed by atoms with Crippen LogP contribution in [0.1, 0.15) is 22.6 Å². The Balaban J connectivity index is 1.95. The number of likely N-dealkylation sites (N-methyl/N-ethyl adjacent to an activating group) is 1. The minimum absolute atomic E-state index is 0.459. The van der Waals surface area contributed by atoms with E-state index in [-0.39, 0.29) is 0 Å². The Kier molecular flexibility index (Phi) is 4.29. The smallest absolute Gasteiger partial charge is 0.316 e. The Bertz CT molecular complexity index is 389. The predicted octanol–water partition coefficient (Wildman–Crippen LogP) is 2.95. The van der Waals surface area contributed by atoms with Gasteiger partial charge >= 0.3 is 6.18 Å². The van der Waals surface area contributed by atoms with E-state index in [1.165, 1.54) is 6.07 Å². The van der Waals surface area contributed by atoms with Crippen LogP contribution in [0.5, 0.6) is 0 Å². The van der Waals surface area contributed by atoms with E-state index in [0.717, 1.165) is 42.1 Å². The van der Waals surface area contributed by atoms with Gasteiger partial charge in [-0.05, 0) is 38.6 Å². The number of piperidine rings is 1. The van der Waals surface area contributed by atoms with E-state index < -0.39 is 11.1 Å². The Hall–Kier alpha value is -0.590. The normalized spacial score (nSPS) is 22.3. The van der Waals surface area contributed by atoms with Crippen molar-refractivity contribution < 1.29 is 13.2 Å². The molecule has 0 amide bonds. The van der Waals surface area contributed by atoms with E-state index >= 15 is 0 Å². The van der Waals surface area contributed by atoms with E-state index in [1.54, 1.807) is 6.07 Å². The maximum atomic E-state index is 12.5. The van der Waals surface area contributed by atoms with Crippen LogP contribution in [-0.4, -0.2) is 31.1 Å². The van der Waals surface area contributed by atoms with Gasteiger partial charge in [0.1, 0.15) is 4.88 Å². The van der Waals surface area contributed by atoms with Gasteiger partial charge in [-0.2, -0.15) is 13.2 Å². The van der Waals surface area contributed by atoms with E-state index in [9.17, 15) is 13.2 Å². The first-order valence-electron chi connectivity index (χ1n) is 6.04. The van der Waals surface area contributed by atoms with Crippen molar-refractivity contribution in [3.63, 3.8) is 0 Å². The molecule has 1 aromatic rings. The standard InChI is InChI=1S/C12H17F3N2S/c1-16-9-3-2-6-17(7-9)8-10-4-5-11(18-10)12(13,14)15/h4-5,9,16H,2-3,6-8H2,1H3. The molecule has 1 unspecified atom stereocenters. The Morgan fingerprint density at radius 2 is 2.22 bits per heavy atom. The molecule has 0 spiro atoms. The van der Waals surface area contributed by atoms with Gasteiger partial charge in [-0.15, -0.1) is 11.3 Å². The van der Waals surface area contributed by atoms with Crippen molar-refractivity contribution in [3.05, 3.63) is 21.9 Å². The van der Waals surface area contributed by atoms with Crippen LogP contribution < -0.4 is 5.32 Å². The second-order valence-corrected chi connectivity index (χ2v) is 5.79. The highest BCUT2D eigenvalue weighted by Gasteiger charge is 2.32. The highest BCUT2D eigenvalue weighted by molar-refractivity contribution is 7.12. The van der Waals surface area contributed by atoms with Crippen molar-refractivity contribution in [2.75, 3.05) is 20.1 Å². The summed E-state index contributed by atoms with van der Waals surface area (Å²) in [6.45, 7) is 2.51. The number of hydrogen-bond acceptors (Lipinski definition) is 3. The summed E-state index contributed by atoms with van der Waals surface area (Å²) in [5, 5.41) is 3.23. The SMILES string of the molecule is CNC1CCCN(Cc2ccc(C(F)(F)F)s2)C1. The molecule has 1 N–H and O–H groups in total. The number of halogens is 3. The zero-order chi connectivity index (χ0) is 13.2. The largest absolute Gasteiger partial charge is 0.425 e. The molecule has 0 aliphatic carbocycles. The second-order valence-electron chi connectivity index (χ2n) is 4.63. The monoisotopic (exact) mass is 278 g/mol. The van der Waals surface area contributed by atoms with Gasteiger partial charge in [0, 0.05) is 24.0 Å². The summed E-state index contributed by atoms with van der Waals surface area (Å²) >= 11 is 0.855. The highest BCUT2D eigenvalue weighted by atomic mass is 32.1. The summed E-state index contributed by atoms with van der Waals surface area (Å²) < 4.78 is 37.4. The van der Waals surface area contributed by atoms with Crippen LogP contribution in [0.2, 0.25) is 0 Å². The molecule has 0 radical (unpaired) electrons. The van der Waals surface area contributed by atoms with Crippen molar-refractivity contribution >= 4 is 11.3 Å². The summed E-state index contributed by atoms with van der Waals surface area (Å²) in [6, 6.07) is 3.23. The molecule has 0 bridgehead atoms. The number of hydrogen-bond donors (Lipinski definition) is 1. The third-order valence-corrected chi connectivity index (χ3v) is 4.35. The number of alkyl halides is 3. The molecule has 1 fully saturated rings. The van der Waals surface area contributed by atoms with Gasteiger partial charge < -0.3 is 5.32 Å². The minimum Gasteiger partial charge on any atom is -0.316 e. The van der Waals surface area contributed by atoms with E-state index in [2.05, 4.69) is 10.2 Å².